The van der Waals surface area contributed by atoms with Crippen LogP contribution in [0.2, 0.25) is 0 Å². The van der Waals surface area contributed by atoms with E-state index in [4.69, 9.17) is 9.47 Å². The number of anilines is 1. The number of rotatable bonds is 6. The van der Waals surface area contributed by atoms with E-state index in [2.05, 4.69) is 4.98 Å². The van der Waals surface area contributed by atoms with E-state index in [1.165, 1.54) is 4.31 Å². The molecule has 0 amide bonds. The van der Waals surface area contributed by atoms with E-state index >= 15 is 0 Å². The third-order valence-corrected chi connectivity index (χ3v) is 7.68. The van der Waals surface area contributed by atoms with Crippen LogP contribution in [0.3, 0.4) is 0 Å². The van der Waals surface area contributed by atoms with Crippen LogP contribution < -0.4 is 19.9 Å². The lowest BCUT2D eigenvalue weighted by Crippen LogP contribution is -2.38. The minimum atomic E-state index is -3.87. The highest BCUT2D eigenvalue weighted by Crippen LogP contribution is 2.34. The molecule has 2 heterocycles. The van der Waals surface area contributed by atoms with E-state index in [9.17, 15) is 13.2 Å². The number of hydrogen-bond acceptors (Lipinski definition) is 6. The lowest BCUT2D eigenvalue weighted by Gasteiger charge is -2.29. The number of nitrogens with zero attached hydrogens (tertiary/aromatic N) is 2. The smallest absolute Gasteiger partial charge is 0.252 e. The minimum Gasteiger partial charge on any atom is -0.497 e. The highest BCUT2D eigenvalue weighted by molar-refractivity contribution is 7.89. The van der Waals surface area contributed by atoms with Crippen LogP contribution in [-0.2, 0) is 16.6 Å². The number of ether oxygens (including phenoxy) is 2. The molecule has 0 saturated heterocycles. The van der Waals surface area contributed by atoms with Crippen LogP contribution in [0.25, 0.3) is 10.9 Å². The Morgan fingerprint density at radius 2 is 1.97 bits per heavy atom. The molecule has 0 unspecified atom stereocenters. The Balaban J connectivity index is 1.71. The van der Waals surface area contributed by atoms with E-state index in [-0.39, 0.29) is 23.0 Å². The molecule has 9 heteroatoms. The number of benzene rings is 2. The number of nitrogens with one attached hydrogen (secondary N) is 1. The average Bonchev–Trinajstić information content (AvgIpc) is 2.76. The van der Waals surface area contributed by atoms with Gasteiger partial charge in [0.05, 0.1) is 29.8 Å². The Morgan fingerprint density at radius 1 is 1.19 bits per heavy atom. The van der Waals surface area contributed by atoms with Gasteiger partial charge in [0.1, 0.15) is 18.1 Å². The number of hydrogen-bond donors (Lipinski definition) is 1. The molecule has 0 spiro atoms. The maximum atomic E-state index is 13.5. The predicted molar refractivity (Wildman–Crippen MR) is 124 cm³/mol. The number of H-pyrrole nitrogens is 1. The summed E-state index contributed by atoms with van der Waals surface area (Å²) in [6.45, 7) is 4.78. The second-order valence-corrected chi connectivity index (χ2v) is 10.0. The molecule has 8 nitrogen and oxygen atoms in total. The SMILES string of the molecule is COc1ccc2cc(CN(C(C)C)S(=O)(=O)c3ccc4c(c3)OCCN4C)c(=O)[nH]c2c1. The highest BCUT2D eigenvalue weighted by Gasteiger charge is 2.30. The first-order valence-electron chi connectivity index (χ1n) is 10.4. The molecular weight excluding hydrogens is 430 g/mol. The largest absolute Gasteiger partial charge is 0.497 e. The molecule has 3 aromatic rings. The monoisotopic (exact) mass is 457 g/mol. The number of fused-ring (bicyclic) bond motifs is 2. The molecule has 0 fully saturated rings. The van der Waals surface area contributed by atoms with Gasteiger partial charge in [0.25, 0.3) is 5.56 Å². The topological polar surface area (TPSA) is 91.9 Å². The van der Waals surface area contributed by atoms with Gasteiger partial charge in [-0.3, -0.25) is 4.79 Å². The molecule has 0 bridgehead atoms. The van der Waals surface area contributed by atoms with Gasteiger partial charge < -0.3 is 19.4 Å². The van der Waals surface area contributed by atoms with Crippen LogP contribution in [0.1, 0.15) is 19.4 Å². The van der Waals surface area contributed by atoms with Crippen molar-refractivity contribution in [1.29, 1.82) is 0 Å². The van der Waals surface area contributed by atoms with Crippen molar-refractivity contribution >= 4 is 26.6 Å². The summed E-state index contributed by atoms with van der Waals surface area (Å²) in [5.74, 6) is 1.17. The molecule has 1 aliphatic heterocycles. The van der Waals surface area contributed by atoms with E-state index in [1.54, 1.807) is 57.4 Å². The molecule has 170 valence electrons. The Labute approximate surface area is 187 Å². The zero-order valence-corrected chi connectivity index (χ0v) is 19.4. The molecule has 0 saturated carbocycles. The average molecular weight is 458 g/mol. The van der Waals surface area contributed by atoms with Gasteiger partial charge in [-0.25, -0.2) is 8.42 Å². The normalized spacial score (nSPS) is 14.0. The molecule has 32 heavy (non-hydrogen) atoms. The Morgan fingerprint density at radius 3 is 2.69 bits per heavy atom. The third kappa shape index (κ3) is 4.05. The molecule has 1 aliphatic rings. The molecule has 4 rings (SSSR count). The van der Waals surface area contributed by atoms with E-state index < -0.39 is 10.0 Å². The number of aromatic amines is 1. The maximum Gasteiger partial charge on any atom is 0.252 e. The lowest BCUT2D eigenvalue weighted by atomic mass is 10.1. The molecule has 1 N–H and O–H groups in total. The van der Waals surface area contributed by atoms with Crippen molar-refractivity contribution in [2.24, 2.45) is 0 Å². The maximum absolute atomic E-state index is 13.5. The van der Waals surface area contributed by atoms with Gasteiger partial charge in [-0.2, -0.15) is 4.31 Å². The van der Waals surface area contributed by atoms with Crippen LogP contribution in [0.15, 0.2) is 52.2 Å². The lowest BCUT2D eigenvalue weighted by molar-refractivity contribution is 0.309. The van der Waals surface area contributed by atoms with Crippen LogP contribution in [0.5, 0.6) is 11.5 Å². The molecular formula is C23H27N3O5S. The molecule has 0 atom stereocenters. The first-order valence-corrected chi connectivity index (χ1v) is 11.8. The summed E-state index contributed by atoms with van der Waals surface area (Å²) >= 11 is 0. The quantitative estimate of drug-likeness (QED) is 0.612. The zero-order valence-electron chi connectivity index (χ0n) is 18.6. The first-order chi connectivity index (χ1) is 15.2. The van der Waals surface area contributed by atoms with Crippen LogP contribution >= 0.6 is 0 Å². The number of methoxy groups -OCH3 is 1. The summed E-state index contributed by atoms with van der Waals surface area (Å²) in [6, 6.07) is 11.6. The van der Waals surface area contributed by atoms with Crippen LogP contribution in [0, 0.1) is 0 Å². The number of aromatic nitrogens is 1. The summed E-state index contributed by atoms with van der Waals surface area (Å²) in [6.07, 6.45) is 0. The summed E-state index contributed by atoms with van der Waals surface area (Å²) < 4.78 is 39.3. The Bertz CT molecular complexity index is 1320. The highest BCUT2D eigenvalue weighted by atomic mass is 32.2. The molecule has 2 aromatic carbocycles. The molecule has 0 radical (unpaired) electrons. The van der Waals surface area contributed by atoms with Crippen molar-refractivity contribution in [3.63, 3.8) is 0 Å². The standard InChI is InChI=1S/C23H27N3O5S/c1-15(2)26(14-17-11-16-5-6-18(30-4)12-20(16)24-23(17)27)32(28,29)19-7-8-21-22(13-19)31-10-9-25(21)3/h5-8,11-13,15H,9-10,14H2,1-4H3,(H,24,27). The summed E-state index contributed by atoms with van der Waals surface area (Å²) in [5, 5.41) is 0.798. The summed E-state index contributed by atoms with van der Waals surface area (Å²) in [7, 11) is -0.368. The van der Waals surface area contributed by atoms with Gasteiger partial charge in [-0.05, 0) is 49.6 Å². The van der Waals surface area contributed by atoms with E-state index in [0.717, 1.165) is 17.6 Å². The second kappa shape index (κ2) is 8.48. The van der Waals surface area contributed by atoms with Gasteiger partial charge in [-0.1, -0.05) is 0 Å². The van der Waals surface area contributed by atoms with Crippen molar-refractivity contribution in [2.45, 2.75) is 31.3 Å². The van der Waals surface area contributed by atoms with Crippen molar-refractivity contribution in [1.82, 2.24) is 9.29 Å². The van der Waals surface area contributed by atoms with Gasteiger partial charge in [0.15, 0.2) is 0 Å². The van der Waals surface area contributed by atoms with Gasteiger partial charge in [0.2, 0.25) is 10.0 Å². The van der Waals surface area contributed by atoms with Crippen molar-refractivity contribution in [3.8, 4) is 11.5 Å². The van der Waals surface area contributed by atoms with Gasteiger partial charge in [-0.15, -0.1) is 0 Å². The number of pyridine rings is 1. The van der Waals surface area contributed by atoms with Gasteiger partial charge in [0, 0.05) is 37.3 Å². The van der Waals surface area contributed by atoms with Crippen LogP contribution in [0.4, 0.5) is 5.69 Å². The summed E-state index contributed by atoms with van der Waals surface area (Å²) in [4.78, 5) is 17.7. The van der Waals surface area contributed by atoms with Gasteiger partial charge >= 0.3 is 0 Å². The van der Waals surface area contributed by atoms with Crippen molar-refractivity contribution in [2.75, 3.05) is 32.2 Å². The number of sulfonamides is 1. The fourth-order valence-electron chi connectivity index (χ4n) is 3.82. The van der Waals surface area contributed by atoms with Crippen molar-refractivity contribution in [3.05, 3.63) is 58.4 Å². The zero-order chi connectivity index (χ0) is 23.0. The molecule has 1 aromatic heterocycles. The first kappa shape index (κ1) is 22.2. The fourth-order valence-corrected chi connectivity index (χ4v) is 5.45. The Kier molecular flexibility index (Phi) is 5.87. The Hall–Kier alpha value is -3.04. The minimum absolute atomic E-state index is 0.0465. The second-order valence-electron chi connectivity index (χ2n) is 8.12. The van der Waals surface area contributed by atoms with Crippen molar-refractivity contribution < 1.29 is 17.9 Å². The summed E-state index contributed by atoms with van der Waals surface area (Å²) in [5.41, 5.74) is 1.52. The van der Waals surface area contributed by atoms with E-state index in [1.807, 2.05) is 18.0 Å². The third-order valence-electron chi connectivity index (χ3n) is 5.67. The fraction of sp³-hybridized carbons (Fsp3) is 0.348. The van der Waals surface area contributed by atoms with E-state index in [0.29, 0.717) is 29.2 Å². The predicted octanol–water partition coefficient (Wildman–Crippen LogP) is 2.96. The number of likely N-dealkylation sites (N-methyl/N-ethyl adjacent to an activating group) is 1. The van der Waals surface area contributed by atoms with Crippen LogP contribution in [-0.4, -0.2) is 51.1 Å². The molecule has 0 aliphatic carbocycles.